The van der Waals surface area contributed by atoms with Crippen LogP contribution in [0.2, 0.25) is 0 Å². The summed E-state index contributed by atoms with van der Waals surface area (Å²) >= 11 is 3.40. The average Bonchev–Trinajstić information content (AvgIpc) is 2.47. The highest BCUT2D eigenvalue weighted by Gasteiger charge is 2.06. The fraction of sp³-hybridized carbons (Fsp3) is 0. The van der Waals surface area contributed by atoms with Crippen LogP contribution in [0.4, 0.5) is 11.4 Å². The first-order valence-corrected chi connectivity index (χ1v) is 6.93. The van der Waals surface area contributed by atoms with Gasteiger partial charge in [0.15, 0.2) is 0 Å². The van der Waals surface area contributed by atoms with Crippen molar-refractivity contribution in [1.29, 1.82) is 0 Å². The van der Waals surface area contributed by atoms with Gasteiger partial charge in [-0.2, -0.15) is 0 Å². The highest BCUT2D eigenvalue weighted by atomic mass is 79.9. The number of para-hydroxylation sites is 1. The lowest BCUT2D eigenvalue weighted by Gasteiger charge is -2.09. The number of nitrogens with zero attached hydrogens (tertiary/aromatic N) is 2. The third-order valence-electron chi connectivity index (χ3n) is 2.94. The van der Waals surface area contributed by atoms with Crippen molar-refractivity contribution < 1.29 is 9.90 Å². The van der Waals surface area contributed by atoms with E-state index in [1.165, 1.54) is 12.3 Å². The zero-order valence-electron chi connectivity index (χ0n) is 10.7. The maximum absolute atomic E-state index is 10.8. The first-order chi connectivity index (χ1) is 10.1. The van der Waals surface area contributed by atoms with Gasteiger partial charge in [0.2, 0.25) is 0 Å². The van der Waals surface area contributed by atoms with E-state index in [4.69, 9.17) is 5.11 Å². The van der Waals surface area contributed by atoms with Crippen molar-refractivity contribution >= 4 is 44.2 Å². The lowest BCUT2D eigenvalue weighted by atomic mass is 10.2. The summed E-state index contributed by atoms with van der Waals surface area (Å²) in [6.45, 7) is 0. The van der Waals surface area contributed by atoms with Crippen LogP contribution < -0.4 is 5.32 Å². The zero-order valence-corrected chi connectivity index (χ0v) is 12.3. The summed E-state index contributed by atoms with van der Waals surface area (Å²) in [6, 6.07) is 10.9. The van der Waals surface area contributed by atoms with Crippen LogP contribution in [0.25, 0.3) is 10.9 Å². The summed E-state index contributed by atoms with van der Waals surface area (Å²) in [4.78, 5) is 19.1. The Hall–Kier alpha value is -2.47. The van der Waals surface area contributed by atoms with E-state index in [0.29, 0.717) is 5.69 Å². The van der Waals surface area contributed by atoms with E-state index in [0.717, 1.165) is 21.1 Å². The second-order valence-electron chi connectivity index (χ2n) is 4.39. The van der Waals surface area contributed by atoms with Crippen LogP contribution in [0, 0.1) is 0 Å². The van der Waals surface area contributed by atoms with Gasteiger partial charge >= 0.3 is 5.97 Å². The summed E-state index contributed by atoms with van der Waals surface area (Å²) in [5.74, 6) is -1.04. The predicted octanol–water partition coefficient (Wildman–Crippen LogP) is 3.83. The van der Waals surface area contributed by atoms with E-state index in [9.17, 15) is 4.79 Å². The number of carboxylic acid groups (broad SMARTS) is 1. The Morgan fingerprint density at radius 2 is 2.00 bits per heavy atom. The van der Waals surface area contributed by atoms with Gasteiger partial charge in [-0.3, -0.25) is 4.98 Å². The van der Waals surface area contributed by atoms with Gasteiger partial charge in [-0.05, 0) is 40.2 Å². The molecule has 104 valence electrons. The van der Waals surface area contributed by atoms with Gasteiger partial charge in [0.25, 0.3) is 0 Å². The summed E-state index contributed by atoms with van der Waals surface area (Å²) in [5.41, 5.74) is 2.39. The van der Waals surface area contributed by atoms with Crippen molar-refractivity contribution in [3.63, 3.8) is 0 Å². The zero-order chi connectivity index (χ0) is 14.8. The Balaban J connectivity index is 1.96. The summed E-state index contributed by atoms with van der Waals surface area (Å²) < 4.78 is 0.916. The SMILES string of the molecule is O=C(O)c1ccc(Nc2cccc3cc(Br)cnc23)cn1. The number of rotatable bonds is 3. The molecule has 5 nitrogen and oxygen atoms in total. The van der Waals surface area contributed by atoms with Crippen LogP contribution in [0.15, 0.2) is 53.3 Å². The molecule has 0 spiro atoms. The minimum atomic E-state index is -1.04. The minimum Gasteiger partial charge on any atom is -0.477 e. The van der Waals surface area contributed by atoms with Gasteiger partial charge in [0.1, 0.15) is 5.69 Å². The Bertz CT molecular complexity index is 819. The van der Waals surface area contributed by atoms with Crippen LogP contribution in [-0.4, -0.2) is 21.0 Å². The van der Waals surface area contributed by atoms with Gasteiger partial charge in [0.05, 0.1) is 23.1 Å². The Morgan fingerprint density at radius 1 is 1.14 bits per heavy atom. The molecule has 6 heteroatoms. The molecule has 0 aliphatic rings. The molecule has 0 radical (unpaired) electrons. The van der Waals surface area contributed by atoms with Crippen LogP contribution in [0.1, 0.15) is 10.5 Å². The number of carboxylic acids is 1. The molecule has 0 aliphatic heterocycles. The van der Waals surface area contributed by atoms with E-state index in [1.54, 1.807) is 12.3 Å². The molecular weight excluding hydrogens is 334 g/mol. The second-order valence-corrected chi connectivity index (χ2v) is 5.31. The number of benzene rings is 1. The molecule has 21 heavy (non-hydrogen) atoms. The topological polar surface area (TPSA) is 75.1 Å². The molecule has 0 saturated carbocycles. The van der Waals surface area contributed by atoms with Gasteiger partial charge in [-0.25, -0.2) is 9.78 Å². The average molecular weight is 344 g/mol. The highest BCUT2D eigenvalue weighted by Crippen LogP contribution is 2.26. The lowest BCUT2D eigenvalue weighted by molar-refractivity contribution is 0.0690. The molecule has 0 atom stereocenters. The number of carbonyl (C=O) groups is 1. The second kappa shape index (κ2) is 5.49. The molecule has 0 amide bonds. The molecule has 0 bridgehead atoms. The first-order valence-electron chi connectivity index (χ1n) is 6.14. The Morgan fingerprint density at radius 3 is 2.71 bits per heavy atom. The number of aromatic carboxylic acids is 1. The van der Waals surface area contributed by atoms with Gasteiger partial charge in [-0.1, -0.05) is 12.1 Å². The standard InChI is InChI=1S/C15H10BrN3O2/c16-10-6-9-2-1-3-12(14(9)18-7-10)19-11-4-5-13(15(20)21)17-8-11/h1-8,19H,(H,20,21). The van der Waals surface area contributed by atoms with E-state index >= 15 is 0 Å². The van der Waals surface area contributed by atoms with Crippen LogP contribution >= 0.6 is 15.9 Å². The summed E-state index contributed by atoms with van der Waals surface area (Å²) in [5, 5.41) is 13.0. The van der Waals surface area contributed by atoms with Crippen molar-refractivity contribution in [2.24, 2.45) is 0 Å². The maximum Gasteiger partial charge on any atom is 0.354 e. The predicted molar refractivity (Wildman–Crippen MR) is 83.9 cm³/mol. The largest absolute Gasteiger partial charge is 0.477 e. The van der Waals surface area contributed by atoms with E-state index in [2.05, 4.69) is 31.2 Å². The van der Waals surface area contributed by atoms with Gasteiger partial charge < -0.3 is 10.4 Å². The molecule has 2 heterocycles. The molecule has 0 unspecified atom stereocenters. The third kappa shape index (κ3) is 2.85. The number of aromatic nitrogens is 2. The quantitative estimate of drug-likeness (QED) is 0.755. The van der Waals surface area contributed by atoms with E-state index in [-0.39, 0.29) is 5.69 Å². The molecule has 3 aromatic rings. The van der Waals surface area contributed by atoms with Gasteiger partial charge in [-0.15, -0.1) is 0 Å². The number of pyridine rings is 2. The van der Waals surface area contributed by atoms with Gasteiger partial charge in [0, 0.05) is 16.1 Å². The highest BCUT2D eigenvalue weighted by molar-refractivity contribution is 9.10. The molecule has 3 rings (SSSR count). The van der Waals surface area contributed by atoms with Crippen molar-refractivity contribution in [2.45, 2.75) is 0 Å². The van der Waals surface area contributed by atoms with E-state index < -0.39 is 5.97 Å². The monoisotopic (exact) mass is 343 g/mol. The smallest absolute Gasteiger partial charge is 0.354 e. The molecule has 0 saturated heterocycles. The van der Waals surface area contributed by atoms with Crippen molar-refractivity contribution in [3.05, 3.63) is 59.0 Å². The molecule has 2 aromatic heterocycles. The van der Waals surface area contributed by atoms with Crippen LogP contribution in [-0.2, 0) is 0 Å². The van der Waals surface area contributed by atoms with E-state index in [1.807, 2.05) is 24.3 Å². The van der Waals surface area contributed by atoms with Crippen molar-refractivity contribution in [2.75, 3.05) is 5.32 Å². The summed E-state index contributed by atoms with van der Waals surface area (Å²) in [7, 11) is 0. The fourth-order valence-corrected chi connectivity index (χ4v) is 2.33. The number of hydrogen-bond acceptors (Lipinski definition) is 4. The fourth-order valence-electron chi connectivity index (χ4n) is 1.98. The summed E-state index contributed by atoms with van der Waals surface area (Å²) in [6.07, 6.45) is 3.22. The number of nitrogens with one attached hydrogen (secondary N) is 1. The minimum absolute atomic E-state index is 0.0144. The third-order valence-corrected chi connectivity index (χ3v) is 3.37. The van der Waals surface area contributed by atoms with Crippen molar-refractivity contribution in [3.8, 4) is 0 Å². The normalized spacial score (nSPS) is 10.5. The van der Waals surface area contributed by atoms with Crippen LogP contribution in [0.5, 0.6) is 0 Å². The first kappa shape index (κ1) is 13.5. The Kier molecular flexibility index (Phi) is 3.53. The number of hydrogen-bond donors (Lipinski definition) is 2. The molecule has 2 N–H and O–H groups in total. The molecule has 0 aliphatic carbocycles. The molecular formula is C15H10BrN3O2. The maximum atomic E-state index is 10.8. The Labute approximate surface area is 128 Å². The molecule has 1 aromatic carbocycles. The number of fused-ring (bicyclic) bond motifs is 1. The number of anilines is 2. The molecule has 0 fully saturated rings. The van der Waals surface area contributed by atoms with Crippen molar-refractivity contribution in [1.82, 2.24) is 9.97 Å². The number of halogens is 1. The van der Waals surface area contributed by atoms with Crippen LogP contribution in [0.3, 0.4) is 0 Å². The lowest BCUT2D eigenvalue weighted by Crippen LogP contribution is -2.00.